The van der Waals surface area contributed by atoms with Gasteiger partial charge in [0.25, 0.3) is 0 Å². The fraction of sp³-hybridized carbons (Fsp3) is 0.167. The molecular weight excluding hydrogens is 326 g/mol. The normalized spacial score (nSPS) is 10.4. The van der Waals surface area contributed by atoms with Crippen molar-refractivity contribution in [2.75, 3.05) is 12.4 Å². The first-order valence-corrected chi connectivity index (χ1v) is 7.00. The summed E-state index contributed by atoms with van der Waals surface area (Å²) in [5.74, 6) is -1.55. The average Bonchev–Trinajstić information content (AvgIpc) is 2.81. The van der Waals surface area contributed by atoms with Crippen LogP contribution in [0.3, 0.4) is 0 Å². The summed E-state index contributed by atoms with van der Waals surface area (Å²) in [5.41, 5.74) is 0.172. The highest BCUT2D eigenvalue weighted by molar-refractivity contribution is 7.15. The molecule has 2 rings (SSSR count). The van der Waals surface area contributed by atoms with Crippen LogP contribution in [0.5, 0.6) is 0 Å². The SMILES string of the molecule is COC(=O)c1c(F)cc(NCc2cnc(Cl)s2)cc1Cl. The van der Waals surface area contributed by atoms with E-state index in [9.17, 15) is 9.18 Å². The number of ether oxygens (including phenoxy) is 1. The van der Waals surface area contributed by atoms with Gasteiger partial charge in [0.15, 0.2) is 4.47 Å². The van der Waals surface area contributed by atoms with E-state index in [1.807, 2.05) is 0 Å². The van der Waals surface area contributed by atoms with E-state index < -0.39 is 11.8 Å². The second-order valence-corrected chi connectivity index (χ2v) is 5.84. The minimum Gasteiger partial charge on any atom is -0.465 e. The van der Waals surface area contributed by atoms with Crippen LogP contribution in [0.2, 0.25) is 9.49 Å². The van der Waals surface area contributed by atoms with Crippen molar-refractivity contribution in [1.82, 2.24) is 4.98 Å². The molecule has 0 aliphatic carbocycles. The summed E-state index contributed by atoms with van der Waals surface area (Å²) >= 11 is 12.9. The van der Waals surface area contributed by atoms with Gasteiger partial charge in [-0.25, -0.2) is 14.2 Å². The highest BCUT2D eigenvalue weighted by Gasteiger charge is 2.17. The third kappa shape index (κ3) is 3.39. The fourth-order valence-corrected chi connectivity index (χ4v) is 2.73. The van der Waals surface area contributed by atoms with E-state index in [0.717, 1.165) is 12.0 Å². The number of aromatic nitrogens is 1. The smallest absolute Gasteiger partial charge is 0.342 e. The van der Waals surface area contributed by atoms with Crippen LogP contribution < -0.4 is 5.32 Å². The van der Waals surface area contributed by atoms with Crippen molar-refractivity contribution in [3.8, 4) is 0 Å². The molecule has 0 bridgehead atoms. The lowest BCUT2D eigenvalue weighted by atomic mass is 10.2. The van der Waals surface area contributed by atoms with Crippen LogP contribution in [0.4, 0.5) is 10.1 Å². The van der Waals surface area contributed by atoms with Gasteiger partial charge in [-0.15, -0.1) is 11.3 Å². The van der Waals surface area contributed by atoms with Crippen LogP contribution in [-0.4, -0.2) is 18.1 Å². The molecule has 0 spiro atoms. The molecule has 0 unspecified atom stereocenters. The van der Waals surface area contributed by atoms with Crippen molar-refractivity contribution in [3.05, 3.63) is 44.1 Å². The number of methoxy groups -OCH3 is 1. The highest BCUT2D eigenvalue weighted by Crippen LogP contribution is 2.26. The number of benzene rings is 1. The molecule has 0 fully saturated rings. The molecule has 1 aromatic carbocycles. The summed E-state index contributed by atoms with van der Waals surface area (Å²) in [4.78, 5) is 16.1. The number of hydrogen-bond acceptors (Lipinski definition) is 5. The Labute approximate surface area is 128 Å². The van der Waals surface area contributed by atoms with E-state index in [1.165, 1.54) is 23.5 Å². The molecule has 20 heavy (non-hydrogen) atoms. The molecule has 0 radical (unpaired) electrons. The molecule has 1 heterocycles. The number of anilines is 1. The van der Waals surface area contributed by atoms with Crippen molar-refractivity contribution < 1.29 is 13.9 Å². The van der Waals surface area contributed by atoms with Crippen LogP contribution in [0.1, 0.15) is 15.2 Å². The largest absolute Gasteiger partial charge is 0.465 e. The van der Waals surface area contributed by atoms with E-state index in [4.69, 9.17) is 23.2 Å². The van der Waals surface area contributed by atoms with Crippen molar-refractivity contribution in [2.24, 2.45) is 0 Å². The zero-order chi connectivity index (χ0) is 14.7. The summed E-state index contributed by atoms with van der Waals surface area (Å²) in [6.07, 6.45) is 1.63. The first-order chi connectivity index (χ1) is 9.51. The lowest BCUT2D eigenvalue weighted by molar-refractivity contribution is 0.0596. The molecule has 0 saturated carbocycles. The molecule has 1 aromatic heterocycles. The molecule has 2 aromatic rings. The van der Waals surface area contributed by atoms with Crippen molar-refractivity contribution in [3.63, 3.8) is 0 Å². The van der Waals surface area contributed by atoms with Crippen molar-refractivity contribution >= 4 is 46.2 Å². The number of esters is 1. The monoisotopic (exact) mass is 334 g/mol. The molecule has 106 valence electrons. The van der Waals surface area contributed by atoms with Crippen LogP contribution in [0.15, 0.2) is 18.3 Å². The Hall–Kier alpha value is -1.37. The molecule has 0 atom stereocenters. The molecule has 0 aliphatic heterocycles. The highest BCUT2D eigenvalue weighted by atomic mass is 35.5. The maximum Gasteiger partial charge on any atom is 0.342 e. The predicted molar refractivity (Wildman–Crippen MR) is 77.2 cm³/mol. The quantitative estimate of drug-likeness (QED) is 0.859. The van der Waals surface area contributed by atoms with Gasteiger partial charge in [0.05, 0.1) is 18.7 Å². The van der Waals surface area contributed by atoms with Crippen LogP contribution in [0, 0.1) is 5.82 Å². The van der Waals surface area contributed by atoms with Crippen molar-refractivity contribution in [2.45, 2.75) is 6.54 Å². The Morgan fingerprint density at radius 1 is 1.50 bits per heavy atom. The van der Waals surface area contributed by atoms with Crippen LogP contribution in [-0.2, 0) is 11.3 Å². The van der Waals surface area contributed by atoms with Gasteiger partial charge in [0, 0.05) is 16.8 Å². The van der Waals surface area contributed by atoms with Gasteiger partial charge in [-0.3, -0.25) is 0 Å². The van der Waals surface area contributed by atoms with Crippen molar-refractivity contribution in [1.29, 1.82) is 0 Å². The molecular formula is C12H9Cl2FN2O2S. The lowest BCUT2D eigenvalue weighted by Gasteiger charge is -2.09. The fourth-order valence-electron chi connectivity index (χ4n) is 1.53. The summed E-state index contributed by atoms with van der Waals surface area (Å²) in [7, 11) is 1.16. The number of carbonyl (C=O) groups excluding carboxylic acids is 1. The standard InChI is InChI=1S/C12H9Cl2FN2O2S/c1-19-11(18)10-8(13)2-6(3-9(10)15)16-4-7-5-17-12(14)20-7/h2-3,5,16H,4H2,1H3. The molecule has 1 N–H and O–H groups in total. The Kier molecular flexibility index (Phi) is 4.80. The number of halogens is 3. The minimum absolute atomic E-state index is 0.0123. The van der Waals surface area contributed by atoms with Gasteiger partial charge in [0.1, 0.15) is 11.4 Å². The molecule has 0 amide bonds. The van der Waals surface area contributed by atoms with E-state index in [1.54, 1.807) is 6.20 Å². The number of carbonyl (C=O) groups is 1. The van der Waals surface area contributed by atoms with E-state index >= 15 is 0 Å². The van der Waals surface area contributed by atoms with Gasteiger partial charge in [-0.1, -0.05) is 23.2 Å². The first-order valence-electron chi connectivity index (χ1n) is 5.42. The van der Waals surface area contributed by atoms with E-state index in [2.05, 4.69) is 15.0 Å². The number of nitrogens with zero attached hydrogens (tertiary/aromatic N) is 1. The Morgan fingerprint density at radius 3 is 2.80 bits per heavy atom. The number of nitrogens with one attached hydrogen (secondary N) is 1. The summed E-state index contributed by atoms with van der Waals surface area (Å²) < 4.78 is 18.7. The zero-order valence-corrected chi connectivity index (χ0v) is 12.6. The van der Waals surface area contributed by atoms with Crippen LogP contribution >= 0.6 is 34.5 Å². The van der Waals surface area contributed by atoms with Gasteiger partial charge in [0.2, 0.25) is 0 Å². The summed E-state index contributed by atoms with van der Waals surface area (Å²) in [6.45, 7) is 0.428. The van der Waals surface area contributed by atoms with E-state index in [0.29, 0.717) is 16.7 Å². The average molecular weight is 335 g/mol. The number of hydrogen-bond donors (Lipinski definition) is 1. The molecule has 0 aliphatic rings. The number of thiazole rings is 1. The lowest BCUT2D eigenvalue weighted by Crippen LogP contribution is -2.07. The summed E-state index contributed by atoms with van der Waals surface area (Å²) in [5, 5.41) is 2.96. The third-order valence-electron chi connectivity index (χ3n) is 2.42. The van der Waals surface area contributed by atoms with E-state index in [-0.39, 0.29) is 10.6 Å². The second-order valence-electron chi connectivity index (χ2n) is 3.74. The first kappa shape index (κ1) is 15.0. The molecule has 0 saturated heterocycles. The van der Waals surface area contributed by atoms with Gasteiger partial charge in [-0.05, 0) is 12.1 Å². The Balaban J connectivity index is 2.16. The molecule has 4 nitrogen and oxygen atoms in total. The predicted octanol–water partition coefficient (Wildman–Crippen LogP) is 3.99. The second kappa shape index (κ2) is 6.39. The Morgan fingerprint density at radius 2 is 2.25 bits per heavy atom. The minimum atomic E-state index is -0.812. The van der Waals surface area contributed by atoms with Crippen LogP contribution in [0.25, 0.3) is 0 Å². The maximum atomic E-state index is 13.8. The number of rotatable bonds is 4. The summed E-state index contributed by atoms with van der Waals surface area (Å²) in [6, 6.07) is 2.64. The van der Waals surface area contributed by atoms with Gasteiger partial charge >= 0.3 is 5.97 Å². The zero-order valence-electron chi connectivity index (χ0n) is 10.2. The van der Waals surface area contributed by atoms with Gasteiger partial charge < -0.3 is 10.1 Å². The topological polar surface area (TPSA) is 51.2 Å². The van der Waals surface area contributed by atoms with Gasteiger partial charge in [-0.2, -0.15) is 0 Å². The maximum absolute atomic E-state index is 13.8. The third-order valence-corrected chi connectivity index (χ3v) is 3.84. The molecule has 8 heteroatoms. The Bertz CT molecular complexity index is 625.